The summed E-state index contributed by atoms with van der Waals surface area (Å²) in [6.07, 6.45) is 3.23. The minimum atomic E-state index is -0.834. The number of carbonyl (C=O) groups excluding carboxylic acids is 2. The van der Waals surface area contributed by atoms with Crippen LogP contribution in [-0.2, 0) is 14.3 Å². The smallest absolute Gasteiger partial charge is 0.329 e. The molecule has 8 heteroatoms. The fourth-order valence-electron chi connectivity index (χ4n) is 2.07. The van der Waals surface area contributed by atoms with E-state index in [1.807, 2.05) is 0 Å². The van der Waals surface area contributed by atoms with E-state index >= 15 is 0 Å². The molecule has 7 nitrogen and oxygen atoms in total. The van der Waals surface area contributed by atoms with Crippen LogP contribution in [0, 0.1) is 0 Å². The first-order valence-electron chi connectivity index (χ1n) is 7.16. The van der Waals surface area contributed by atoms with Crippen molar-refractivity contribution < 1.29 is 19.1 Å². The SMILES string of the molecule is COc1ccc(/C=N\NC(=O)C(=O)NC[C@H]2CCCO2)cc1Cl. The highest BCUT2D eigenvalue weighted by atomic mass is 35.5. The van der Waals surface area contributed by atoms with Gasteiger partial charge in [0, 0.05) is 13.2 Å². The molecule has 2 rings (SSSR count). The number of rotatable bonds is 5. The standard InChI is InChI=1S/C15H18ClN3O4/c1-22-13-5-4-10(7-12(13)16)8-18-19-15(21)14(20)17-9-11-3-2-6-23-11/h4-5,7-8,11H,2-3,6,9H2,1H3,(H,17,20)(H,19,21)/b18-8-/t11-/m1/s1. The largest absolute Gasteiger partial charge is 0.495 e. The average molecular weight is 340 g/mol. The molecule has 1 aliphatic heterocycles. The Morgan fingerprint density at radius 2 is 2.30 bits per heavy atom. The molecule has 2 N–H and O–H groups in total. The van der Waals surface area contributed by atoms with Crippen LogP contribution in [0.2, 0.25) is 5.02 Å². The minimum Gasteiger partial charge on any atom is -0.495 e. The summed E-state index contributed by atoms with van der Waals surface area (Å²) in [6.45, 7) is 1.02. The summed E-state index contributed by atoms with van der Waals surface area (Å²) in [4.78, 5) is 23.2. The van der Waals surface area contributed by atoms with Crippen LogP contribution >= 0.6 is 11.6 Å². The molecule has 1 heterocycles. The topological polar surface area (TPSA) is 89.0 Å². The van der Waals surface area contributed by atoms with Gasteiger partial charge < -0.3 is 14.8 Å². The highest BCUT2D eigenvalue weighted by Crippen LogP contribution is 2.24. The Bertz CT molecular complexity index is 600. The molecule has 0 bridgehead atoms. The van der Waals surface area contributed by atoms with E-state index in [9.17, 15) is 9.59 Å². The number of hydrogen-bond donors (Lipinski definition) is 2. The predicted molar refractivity (Wildman–Crippen MR) is 85.7 cm³/mol. The van der Waals surface area contributed by atoms with Gasteiger partial charge in [-0.2, -0.15) is 5.10 Å². The minimum absolute atomic E-state index is 0.0170. The van der Waals surface area contributed by atoms with Gasteiger partial charge in [-0.1, -0.05) is 11.6 Å². The number of hydrogen-bond acceptors (Lipinski definition) is 5. The van der Waals surface area contributed by atoms with Gasteiger partial charge in [0.2, 0.25) is 0 Å². The molecule has 1 aromatic rings. The van der Waals surface area contributed by atoms with E-state index in [2.05, 4.69) is 15.8 Å². The molecule has 1 atom stereocenters. The van der Waals surface area contributed by atoms with E-state index in [0.29, 0.717) is 29.5 Å². The second-order valence-electron chi connectivity index (χ2n) is 4.94. The Morgan fingerprint density at radius 3 is 2.96 bits per heavy atom. The number of ether oxygens (including phenoxy) is 2. The van der Waals surface area contributed by atoms with E-state index in [1.165, 1.54) is 13.3 Å². The lowest BCUT2D eigenvalue weighted by Crippen LogP contribution is -2.41. The van der Waals surface area contributed by atoms with Crippen molar-refractivity contribution in [2.24, 2.45) is 5.10 Å². The third kappa shape index (κ3) is 5.22. The summed E-state index contributed by atoms with van der Waals surface area (Å²) in [5, 5.41) is 6.66. The van der Waals surface area contributed by atoms with Gasteiger partial charge in [0.1, 0.15) is 5.75 Å². The number of hydrazone groups is 1. The molecule has 124 valence electrons. The van der Waals surface area contributed by atoms with Crippen molar-refractivity contribution in [1.82, 2.24) is 10.7 Å². The fourth-order valence-corrected chi connectivity index (χ4v) is 2.34. The summed E-state index contributed by atoms with van der Waals surface area (Å²) < 4.78 is 10.4. The molecule has 0 spiro atoms. The van der Waals surface area contributed by atoms with Crippen molar-refractivity contribution in [2.45, 2.75) is 18.9 Å². The van der Waals surface area contributed by atoms with Crippen LogP contribution in [0.25, 0.3) is 0 Å². The van der Waals surface area contributed by atoms with Gasteiger partial charge >= 0.3 is 11.8 Å². The van der Waals surface area contributed by atoms with Crippen molar-refractivity contribution in [1.29, 1.82) is 0 Å². The maximum absolute atomic E-state index is 11.6. The molecule has 0 aliphatic carbocycles. The molecule has 0 saturated carbocycles. The highest BCUT2D eigenvalue weighted by molar-refractivity contribution is 6.35. The molecule has 1 saturated heterocycles. The maximum Gasteiger partial charge on any atom is 0.329 e. The van der Waals surface area contributed by atoms with Crippen molar-refractivity contribution in [2.75, 3.05) is 20.3 Å². The second-order valence-corrected chi connectivity index (χ2v) is 5.35. The second kappa shape index (κ2) is 8.50. The third-order valence-corrected chi connectivity index (χ3v) is 3.57. The van der Waals surface area contributed by atoms with E-state index in [-0.39, 0.29) is 6.10 Å². The lowest BCUT2D eigenvalue weighted by Gasteiger charge is -2.09. The van der Waals surface area contributed by atoms with Crippen LogP contribution in [0.15, 0.2) is 23.3 Å². The number of halogens is 1. The van der Waals surface area contributed by atoms with Crippen molar-refractivity contribution >= 4 is 29.6 Å². The molecule has 0 unspecified atom stereocenters. The van der Waals surface area contributed by atoms with Gasteiger partial charge in [-0.25, -0.2) is 5.43 Å². The monoisotopic (exact) mass is 339 g/mol. The molecule has 0 radical (unpaired) electrons. The molecule has 2 amide bonds. The lowest BCUT2D eigenvalue weighted by atomic mass is 10.2. The normalized spacial score (nSPS) is 17.2. The summed E-state index contributed by atoms with van der Waals surface area (Å²) in [6, 6.07) is 5.03. The third-order valence-electron chi connectivity index (χ3n) is 3.28. The Balaban J connectivity index is 1.78. The number of benzene rings is 1. The Hall–Kier alpha value is -2.12. The van der Waals surface area contributed by atoms with E-state index < -0.39 is 11.8 Å². The molecule has 23 heavy (non-hydrogen) atoms. The average Bonchev–Trinajstić information content (AvgIpc) is 3.06. The lowest BCUT2D eigenvalue weighted by molar-refractivity contribution is -0.139. The van der Waals surface area contributed by atoms with Gasteiger partial charge in [-0.3, -0.25) is 9.59 Å². The first kappa shape index (κ1) is 17.2. The van der Waals surface area contributed by atoms with Crippen LogP contribution < -0.4 is 15.5 Å². The van der Waals surface area contributed by atoms with Gasteiger partial charge in [0.25, 0.3) is 0 Å². The Kier molecular flexibility index (Phi) is 6.37. The number of nitrogens with one attached hydrogen (secondary N) is 2. The summed E-state index contributed by atoms with van der Waals surface area (Å²) in [5.41, 5.74) is 2.82. The predicted octanol–water partition coefficient (Wildman–Crippen LogP) is 1.09. The molecule has 0 aromatic heterocycles. The number of carbonyl (C=O) groups is 2. The molecular formula is C15H18ClN3O4. The number of amides is 2. The Morgan fingerprint density at radius 1 is 1.48 bits per heavy atom. The first-order chi connectivity index (χ1) is 11.1. The molecule has 1 aromatic carbocycles. The molecule has 1 aliphatic rings. The van der Waals surface area contributed by atoms with E-state index in [4.69, 9.17) is 21.1 Å². The quantitative estimate of drug-likeness (QED) is 0.477. The zero-order valence-electron chi connectivity index (χ0n) is 12.7. The summed E-state index contributed by atoms with van der Waals surface area (Å²) in [5.74, 6) is -1.04. The summed E-state index contributed by atoms with van der Waals surface area (Å²) in [7, 11) is 1.52. The van der Waals surface area contributed by atoms with Gasteiger partial charge in [0.15, 0.2) is 0 Å². The number of methoxy groups -OCH3 is 1. The zero-order chi connectivity index (χ0) is 16.7. The van der Waals surface area contributed by atoms with Gasteiger partial charge in [0.05, 0.1) is 24.5 Å². The van der Waals surface area contributed by atoms with Crippen LogP contribution in [-0.4, -0.2) is 44.4 Å². The van der Waals surface area contributed by atoms with Crippen LogP contribution in [0.5, 0.6) is 5.75 Å². The number of nitrogens with zero attached hydrogens (tertiary/aromatic N) is 1. The highest BCUT2D eigenvalue weighted by Gasteiger charge is 2.18. The fraction of sp³-hybridized carbons (Fsp3) is 0.400. The van der Waals surface area contributed by atoms with Crippen LogP contribution in [0.4, 0.5) is 0 Å². The van der Waals surface area contributed by atoms with Crippen LogP contribution in [0.3, 0.4) is 0 Å². The maximum atomic E-state index is 11.6. The Labute approximate surface area is 139 Å². The molecular weight excluding hydrogens is 322 g/mol. The van der Waals surface area contributed by atoms with Gasteiger partial charge in [-0.15, -0.1) is 0 Å². The van der Waals surface area contributed by atoms with Crippen molar-refractivity contribution in [3.63, 3.8) is 0 Å². The summed E-state index contributed by atoms with van der Waals surface area (Å²) >= 11 is 5.97. The van der Waals surface area contributed by atoms with Gasteiger partial charge in [-0.05, 0) is 36.6 Å². The van der Waals surface area contributed by atoms with E-state index in [1.54, 1.807) is 18.2 Å². The zero-order valence-corrected chi connectivity index (χ0v) is 13.4. The van der Waals surface area contributed by atoms with Crippen LogP contribution in [0.1, 0.15) is 18.4 Å². The molecule has 1 fully saturated rings. The van der Waals surface area contributed by atoms with E-state index in [0.717, 1.165) is 12.8 Å². The van der Waals surface area contributed by atoms with Crippen molar-refractivity contribution in [3.05, 3.63) is 28.8 Å². The van der Waals surface area contributed by atoms with Crippen molar-refractivity contribution in [3.8, 4) is 5.75 Å². The first-order valence-corrected chi connectivity index (χ1v) is 7.54.